The van der Waals surface area contributed by atoms with Gasteiger partial charge >= 0.3 is 0 Å². The van der Waals surface area contributed by atoms with Crippen LogP contribution in [0, 0.1) is 11.3 Å². The third-order valence-electron chi connectivity index (χ3n) is 2.83. The minimum absolute atomic E-state index is 0.414. The zero-order valence-corrected chi connectivity index (χ0v) is 10.6. The van der Waals surface area contributed by atoms with Crippen LogP contribution in [0.5, 0.6) is 0 Å². The van der Waals surface area contributed by atoms with E-state index in [9.17, 15) is 0 Å². The molecule has 0 bridgehead atoms. The first kappa shape index (κ1) is 10.2. The number of halogens is 2. The van der Waals surface area contributed by atoms with E-state index in [0.29, 0.717) is 22.3 Å². The van der Waals surface area contributed by atoms with Crippen LogP contribution in [0.2, 0.25) is 5.02 Å². The summed E-state index contributed by atoms with van der Waals surface area (Å²) in [6, 6.07) is 5.87. The molecule has 0 saturated heterocycles. The van der Waals surface area contributed by atoms with Crippen LogP contribution in [-0.4, -0.2) is 0 Å². The summed E-state index contributed by atoms with van der Waals surface area (Å²) in [5.74, 6) is 0.888. The highest BCUT2D eigenvalue weighted by molar-refractivity contribution is 9.10. The van der Waals surface area contributed by atoms with Gasteiger partial charge in [-0.05, 0) is 30.9 Å². The molecule has 0 unspecified atom stereocenters. The van der Waals surface area contributed by atoms with E-state index in [0.717, 1.165) is 28.3 Å². The lowest BCUT2D eigenvalue weighted by molar-refractivity contribution is 0.594. The van der Waals surface area contributed by atoms with Gasteiger partial charge in [-0.2, -0.15) is 5.26 Å². The molecule has 2 aromatic rings. The molecule has 0 radical (unpaired) electrons. The van der Waals surface area contributed by atoms with Gasteiger partial charge in [0.05, 0.1) is 5.02 Å². The van der Waals surface area contributed by atoms with Gasteiger partial charge in [-0.15, -0.1) is 0 Å². The number of rotatable bonds is 1. The van der Waals surface area contributed by atoms with Crippen LogP contribution in [0.4, 0.5) is 0 Å². The highest BCUT2D eigenvalue weighted by Gasteiger charge is 2.31. The van der Waals surface area contributed by atoms with E-state index in [2.05, 4.69) is 22.0 Å². The molecule has 0 atom stereocenters. The molecular weight excluding hydrogens is 289 g/mol. The van der Waals surface area contributed by atoms with Gasteiger partial charge in [-0.3, -0.25) is 0 Å². The van der Waals surface area contributed by atoms with E-state index in [1.807, 2.05) is 6.07 Å². The Kier molecular flexibility index (Phi) is 2.24. The summed E-state index contributed by atoms with van der Waals surface area (Å²) in [6.07, 6.45) is 2.26. The predicted octanol–water partition coefficient (Wildman–Crippen LogP) is 4.60. The molecule has 16 heavy (non-hydrogen) atoms. The van der Waals surface area contributed by atoms with Gasteiger partial charge in [-0.25, -0.2) is 0 Å². The molecule has 1 aliphatic rings. The standard InChI is InChI=1S/C12H7BrClNO/c13-7-3-8-11(6-1-2-6)10(5-15)16-12(8)9(14)4-7/h3-4,6H,1-2H2. The van der Waals surface area contributed by atoms with Crippen molar-refractivity contribution in [2.45, 2.75) is 18.8 Å². The molecule has 1 heterocycles. The maximum Gasteiger partial charge on any atom is 0.208 e. The zero-order valence-electron chi connectivity index (χ0n) is 8.26. The van der Waals surface area contributed by atoms with Gasteiger partial charge in [-0.1, -0.05) is 27.5 Å². The molecule has 0 spiro atoms. The fourth-order valence-electron chi connectivity index (χ4n) is 2.00. The summed E-state index contributed by atoms with van der Waals surface area (Å²) in [5, 5.41) is 10.6. The van der Waals surface area contributed by atoms with Crippen molar-refractivity contribution < 1.29 is 4.42 Å². The summed E-state index contributed by atoms with van der Waals surface area (Å²) in [4.78, 5) is 0. The monoisotopic (exact) mass is 295 g/mol. The van der Waals surface area contributed by atoms with Gasteiger partial charge < -0.3 is 4.42 Å². The molecule has 1 saturated carbocycles. The normalized spacial score (nSPS) is 15.3. The first-order valence-corrected chi connectivity index (χ1v) is 6.19. The van der Waals surface area contributed by atoms with Crippen molar-refractivity contribution in [2.75, 3.05) is 0 Å². The summed E-state index contributed by atoms with van der Waals surface area (Å²) >= 11 is 9.51. The molecule has 0 amide bonds. The average molecular weight is 297 g/mol. The number of hydrogen-bond acceptors (Lipinski definition) is 2. The third kappa shape index (κ3) is 1.45. The Bertz CT molecular complexity index is 622. The zero-order chi connectivity index (χ0) is 11.3. The van der Waals surface area contributed by atoms with Gasteiger partial charge in [0.1, 0.15) is 6.07 Å². The quantitative estimate of drug-likeness (QED) is 0.771. The average Bonchev–Trinajstić information content (AvgIpc) is 3.00. The number of benzene rings is 1. The largest absolute Gasteiger partial charge is 0.444 e. The van der Waals surface area contributed by atoms with Gasteiger partial charge in [0.25, 0.3) is 0 Å². The molecule has 3 rings (SSSR count). The molecule has 0 aliphatic heterocycles. The van der Waals surface area contributed by atoms with E-state index in [1.165, 1.54) is 0 Å². The van der Waals surface area contributed by atoms with Crippen LogP contribution >= 0.6 is 27.5 Å². The molecule has 1 aromatic carbocycles. The Morgan fingerprint density at radius 1 is 1.44 bits per heavy atom. The first-order chi connectivity index (χ1) is 7.70. The van der Waals surface area contributed by atoms with Crippen LogP contribution < -0.4 is 0 Å². The molecule has 1 aliphatic carbocycles. The second kappa shape index (κ2) is 3.51. The van der Waals surface area contributed by atoms with Crippen molar-refractivity contribution in [3.63, 3.8) is 0 Å². The van der Waals surface area contributed by atoms with Crippen molar-refractivity contribution in [2.24, 2.45) is 0 Å². The number of nitrogens with zero attached hydrogens (tertiary/aromatic N) is 1. The predicted molar refractivity (Wildman–Crippen MR) is 65.6 cm³/mol. The molecule has 4 heteroatoms. The van der Waals surface area contributed by atoms with Gasteiger partial charge in [0.15, 0.2) is 5.58 Å². The Morgan fingerprint density at radius 3 is 2.81 bits per heavy atom. The van der Waals surface area contributed by atoms with Gasteiger partial charge in [0, 0.05) is 15.4 Å². The van der Waals surface area contributed by atoms with Crippen LogP contribution in [-0.2, 0) is 0 Å². The molecule has 0 N–H and O–H groups in total. The number of furan rings is 1. The summed E-state index contributed by atoms with van der Waals surface area (Å²) in [6.45, 7) is 0. The Labute approximate surface area is 106 Å². The number of hydrogen-bond donors (Lipinski definition) is 0. The van der Waals surface area contributed by atoms with Crippen molar-refractivity contribution in [1.29, 1.82) is 5.26 Å². The lowest BCUT2D eigenvalue weighted by Crippen LogP contribution is -1.80. The van der Waals surface area contributed by atoms with Crippen molar-refractivity contribution in [3.05, 3.63) is 33.0 Å². The van der Waals surface area contributed by atoms with Crippen LogP contribution in [0.15, 0.2) is 21.0 Å². The maximum absolute atomic E-state index is 9.06. The second-order valence-electron chi connectivity index (χ2n) is 4.00. The summed E-state index contributed by atoms with van der Waals surface area (Å²) in [7, 11) is 0. The molecular formula is C12H7BrClNO. The van der Waals surface area contributed by atoms with E-state index in [1.54, 1.807) is 6.07 Å². The van der Waals surface area contributed by atoms with Crippen LogP contribution in [0.25, 0.3) is 11.0 Å². The highest BCUT2D eigenvalue weighted by Crippen LogP contribution is 2.47. The Balaban J connectivity index is 2.40. The van der Waals surface area contributed by atoms with E-state index < -0.39 is 0 Å². The molecule has 2 nitrogen and oxygen atoms in total. The van der Waals surface area contributed by atoms with E-state index in [4.69, 9.17) is 21.3 Å². The second-order valence-corrected chi connectivity index (χ2v) is 5.32. The van der Waals surface area contributed by atoms with Crippen molar-refractivity contribution in [1.82, 2.24) is 0 Å². The van der Waals surface area contributed by atoms with Crippen molar-refractivity contribution >= 4 is 38.5 Å². The fourth-order valence-corrected chi connectivity index (χ4v) is 2.85. The molecule has 1 fully saturated rings. The number of fused-ring (bicyclic) bond motifs is 1. The molecule has 80 valence electrons. The van der Waals surface area contributed by atoms with E-state index >= 15 is 0 Å². The lowest BCUT2D eigenvalue weighted by atomic mass is 10.1. The molecule has 1 aromatic heterocycles. The van der Waals surface area contributed by atoms with Crippen LogP contribution in [0.3, 0.4) is 0 Å². The first-order valence-electron chi connectivity index (χ1n) is 5.02. The smallest absolute Gasteiger partial charge is 0.208 e. The lowest BCUT2D eigenvalue weighted by Gasteiger charge is -1.96. The fraction of sp³-hybridized carbons (Fsp3) is 0.250. The summed E-state index contributed by atoms with van der Waals surface area (Å²) in [5.41, 5.74) is 1.66. The highest BCUT2D eigenvalue weighted by atomic mass is 79.9. The Hall–Kier alpha value is -0.980. The van der Waals surface area contributed by atoms with Crippen LogP contribution in [0.1, 0.15) is 30.1 Å². The Morgan fingerprint density at radius 2 is 2.19 bits per heavy atom. The number of nitriles is 1. The van der Waals surface area contributed by atoms with E-state index in [-0.39, 0.29) is 0 Å². The minimum Gasteiger partial charge on any atom is -0.444 e. The minimum atomic E-state index is 0.414. The van der Waals surface area contributed by atoms with Crippen molar-refractivity contribution in [3.8, 4) is 6.07 Å². The SMILES string of the molecule is N#Cc1oc2c(Cl)cc(Br)cc2c1C1CC1. The van der Waals surface area contributed by atoms with Gasteiger partial charge in [0.2, 0.25) is 5.76 Å². The topological polar surface area (TPSA) is 36.9 Å². The third-order valence-corrected chi connectivity index (χ3v) is 3.57. The summed E-state index contributed by atoms with van der Waals surface area (Å²) < 4.78 is 6.44. The maximum atomic E-state index is 9.06.